The summed E-state index contributed by atoms with van der Waals surface area (Å²) >= 11 is 0. The fourth-order valence-corrected chi connectivity index (χ4v) is 2.32. The first-order valence-electron chi connectivity index (χ1n) is 9.09. The van der Waals surface area contributed by atoms with Gasteiger partial charge in [-0.2, -0.15) is 0 Å². The Morgan fingerprint density at radius 2 is 1.15 bits per heavy atom. The van der Waals surface area contributed by atoms with Crippen molar-refractivity contribution in [3.63, 3.8) is 0 Å². The number of nitrogens with zero attached hydrogens (tertiary/aromatic N) is 1. The second-order valence-corrected chi connectivity index (χ2v) is 7.25. The second kappa shape index (κ2) is 10.5. The predicted octanol–water partition coefficient (Wildman–Crippen LogP) is 3.93. The Balaban J connectivity index is 0.000000277. The van der Waals surface area contributed by atoms with E-state index in [0.29, 0.717) is 23.0 Å². The first-order valence-corrected chi connectivity index (χ1v) is 9.09. The topological polar surface area (TPSA) is 75.4 Å². The molecule has 2 aromatic rings. The lowest BCUT2D eigenvalue weighted by molar-refractivity contribution is 0.0856. The van der Waals surface area contributed by atoms with E-state index >= 15 is 0 Å². The van der Waals surface area contributed by atoms with E-state index in [1.54, 1.807) is 31.2 Å². The Kier molecular flexibility index (Phi) is 8.69. The third-order valence-electron chi connectivity index (χ3n) is 4.03. The zero-order valence-electron chi connectivity index (χ0n) is 17.1. The fraction of sp³-hybridized carbons (Fsp3) is 0.364. The maximum atomic E-state index is 11.6. The Morgan fingerprint density at radius 1 is 0.778 bits per heavy atom. The van der Waals surface area contributed by atoms with Crippen LogP contribution in [0.2, 0.25) is 0 Å². The smallest absolute Gasteiger partial charge is 0.265 e. The highest BCUT2D eigenvalue weighted by Crippen LogP contribution is 2.15. The van der Waals surface area contributed by atoms with Crippen molar-refractivity contribution in [3.05, 3.63) is 70.8 Å². The van der Waals surface area contributed by atoms with Crippen LogP contribution in [-0.4, -0.2) is 30.9 Å². The second-order valence-electron chi connectivity index (χ2n) is 7.25. The van der Waals surface area contributed by atoms with Gasteiger partial charge in [-0.05, 0) is 47.2 Å². The molecule has 2 amide bonds. The van der Waals surface area contributed by atoms with Crippen LogP contribution >= 0.6 is 0 Å². The van der Waals surface area contributed by atoms with E-state index in [-0.39, 0.29) is 11.8 Å². The Labute approximate surface area is 162 Å². The summed E-state index contributed by atoms with van der Waals surface area (Å²) in [6.45, 7) is 8.49. The highest BCUT2D eigenvalue weighted by atomic mass is 16.2. The van der Waals surface area contributed by atoms with Crippen LogP contribution in [0.15, 0.2) is 48.5 Å². The van der Waals surface area contributed by atoms with Gasteiger partial charge in [0.25, 0.3) is 5.91 Å². The van der Waals surface area contributed by atoms with Gasteiger partial charge in [-0.25, -0.2) is 5.01 Å². The quantitative estimate of drug-likeness (QED) is 0.784. The molecule has 2 rings (SSSR count). The predicted molar refractivity (Wildman–Crippen MR) is 111 cm³/mol. The largest absolute Gasteiger partial charge is 0.366 e. The SMILES string of the molecule is CC(C)c1ccc(C(=O)NN(C)C)cc1.CC(C)c1ccc(C(N)=O)cc1. The molecule has 0 radical (unpaired) electrons. The van der Waals surface area contributed by atoms with Gasteiger partial charge in [-0.15, -0.1) is 0 Å². The van der Waals surface area contributed by atoms with Crippen LogP contribution in [0.1, 0.15) is 71.4 Å². The minimum atomic E-state index is -0.370. The zero-order chi connectivity index (χ0) is 20.6. The Bertz CT molecular complexity index is 733. The van der Waals surface area contributed by atoms with Crippen molar-refractivity contribution in [2.24, 2.45) is 5.73 Å². The van der Waals surface area contributed by atoms with Crippen LogP contribution < -0.4 is 11.2 Å². The van der Waals surface area contributed by atoms with E-state index in [1.807, 2.05) is 36.4 Å². The van der Waals surface area contributed by atoms with Crippen molar-refractivity contribution in [1.82, 2.24) is 10.4 Å². The van der Waals surface area contributed by atoms with Gasteiger partial charge in [-0.1, -0.05) is 52.0 Å². The lowest BCUT2D eigenvalue weighted by Crippen LogP contribution is -2.36. The molecule has 5 heteroatoms. The van der Waals surface area contributed by atoms with E-state index in [1.165, 1.54) is 11.1 Å². The van der Waals surface area contributed by atoms with Gasteiger partial charge in [0.15, 0.2) is 0 Å². The monoisotopic (exact) mass is 369 g/mol. The normalized spacial score (nSPS) is 10.6. The molecule has 0 saturated heterocycles. The summed E-state index contributed by atoms with van der Waals surface area (Å²) in [6.07, 6.45) is 0. The maximum absolute atomic E-state index is 11.6. The van der Waals surface area contributed by atoms with E-state index in [4.69, 9.17) is 5.73 Å². The number of nitrogens with one attached hydrogen (secondary N) is 1. The van der Waals surface area contributed by atoms with Crippen LogP contribution in [0.4, 0.5) is 0 Å². The number of hydrogen-bond donors (Lipinski definition) is 2. The van der Waals surface area contributed by atoms with Crippen molar-refractivity contribution in [3.8, 4) is 0 Å². The number of nitrogens with two attached hydrogens (primary N) is 1. The van der Waals surface area contributed by atoms with Crippen molar-refractivity contribution in [2.75, 3.05) is 14.1 Å². The highest BCUT2D eigenvalue weighted by Gasteiger charge is 2.06. The van der Waals surface area contributed by atoms with Gasteiger partial charge in [0.05, 0.1) is 0 Å². The van der Waals surface area contributed by atoms with Crippen molar-refractivity contribution in [1.29, 1.82) is 0 Å². The molecule has 0 aliphatic carbocycles. The molecule has 27 heavy (non-hydrogen) atoms. The summed E-state index contributed by atoms with van der Waals surface area (Å²) in [7, 11) is 3.58. The minimum Gasteiger partial charge on any atom is -0.366 e. The average Bonchev–Trinajstić information content (AvgIpc) is 2.61. The first kappa shape index (κ1) is 22.4. The first-order chi connectivity index (χ1) is 12.6. The number of carbonyl (C=O) groups excluding carboxylic acids is 2. The summed E-state index contributed by atoms with van der Waals surface area (Å²) in [5, 5.41) is 1.64. The molecule has 0 heterocycles. The molecular formula is C22H31N3O2. The van der Waals surface area contributed by atoms with Crippen LogP contribution in [0.3, 0.4) is 0 Å². The van der Waals surface area contributed by atoms with Crippen LogP contribution in [0.25, 0.3) is 0 Å². The number of rotatable bonds is 5. The van der Waals surface area contributed by atoms with Gasteiger partial charge < -0.3 is 5.73 Å². The molecule has 0 spiro atoms. The summed E-state index contributed by atoms with van der Waals surface area (Å²) < 4.78 is 0. The number of primary amides is 1. The molecule has 0 saturated carbocycles. The Morgan fingerprint density at radius 3 is 1.44 bits per heavy atom. The Hall–Kier alpha value is -2.66. The van der Waals surface area contributed by atoms with Crippen LogP contribution in [-0.2, 0) is 0 Å². The molecule has 0 aromatic heterocycles. The van der Waals surface area contributed by atoms with Crippen molar-refractivity contribution >= 4 is 11.8 Å². The lowest BCUT2D eigenvalue weighted by atomic mass is 10.0. The summed E-state index contributed by atoms with van der Waals surface area (Å²) in [5.41, 5.74) is 11.5. The molecule has 0 fully saturated rings. The molecule has 146 valence electrons. The molecule has 0 aliphatic rings. The third kappa shape index (κ3) is 7.62. The van der Waals surface area contributed by atoms with E-state index < -0.39 is 0 Å². The number of carbonyl (C=O) groups is 2. The summed E-state index contributed by atoms with van der Waals surface area (Å²) in [6, 6.07) is 15.1. The van der Waals surface area contributed by atoms with Gasteiger partial charge in [0.1, 0.15) is 0 Å². The van der Waals surface area contributed by atoms with Gasteiger partial charge in [0, 0.05) is 25.2 Å². The molecule has 0 unspecified atom stereocenters. The zero-order valence-corrected chi connectivity index (χ0v) is 17.1. The van der Waals surface area contributed by atoms with E-state index in [9.17, 15) is 9.59 Å². The number of hydrogen-bond acceptors (Lipinski definition) is 3. The van der Waals surface area contributed by atoms with E-state index in [2.05, 4.69) is 33.1 Å². The molecule has 2 aromatic carbocycles. The standard InChI is InChI=1S/C12H18N2O.C10H13NO/c1-9(2)10-5-7-11(8-6-10)12(15)13-14(3)4;1-7(2)8-3-5-9(6-4-8)10(11)12/h5-9H,1-4H3,(H,13,15);3-7H,1-2H3,(H2,11,12). The average molecular weight is 370 g/mol. The highest BCUT2D eigenvalue weighted by molar-refractivity contribution is 5.94. The van der Waals surface area contributed by atoms with Crippen LogP contribution in [0, 0.1) is 0 Å². The molecule has 0 aliphatic heterocycles. The lowest BCUT2D eigenvalue weighted by Gasteiger charge is -2.12. The van der Waals surface area contributed by atoms with Crippen molar-refractivity contribution in [2.45, 2.75) is 39.5 Å². The molecule has 5 nitrogen and oxygen atoms in total. The fourth-order valence-electron chi connectivity index (χ4n) is 2.32. The molecule has 0 bridgehead atoms. The van der Waals surface area contributed by atoms with Gasteiger partial charge in [0.2, 0.25) is 5.91 Å². The minimum absolute atomic E-state index is 0.0738. The van der Waals surface area contributed by atoms with Crippen LogP contribution in [0.5, 0.6) is 0 Å². The van der Waals surface area contributed by atoms with Gasteiger partial charge >= 0.3 is 0 Å². The number of hydrazine groups is 1. The molecule has 3 N–H and O–H groups in total. The van der Waals surface area contributed by atoms with Gasteiger partial charge in [-0.3, -0.25) is 15.0 Å². The van der Waals surface area contributed by atoms with E-state index in [0.717, 1.165) is 0 Å². The third-order valence-corrected chi connectivity index (χ3v) is 4.03. The maximum Gasteiger partial charge on any atom is 0.265 e. The van der Waals surface area contributed by atoms with Crippen molar-refractivity contribution < 1.29 is 9.59 Å². The number of benzene rings is 2. The summed E-state index contributed by atoms with van der Waals surface area (Å²) in [4.78, 5) is 22.3. The number of amides is 2. The molecule has 0 atom stereocenters. The summed E-state index contributed by atoms with van der Waals surface area (Å²) in [5.74, 6) is 0.545. The molecular weight excluding hydrogens is 338 g/mol.